The van der Waals surface area contributed by atoms with Crippen molar-refractivity contribution in [3.05, 3.63) is 29.8 Å². The van der Waals surface area contributed by atoms with Crippen molar-refractivity contribution in [2.45, 2.75) is 19.9 Å². The average molecular weight is 243 g/mol. The van der Waals surface area contributed by atoms with E-state index in [2.05, 4.69) is 4.72 Å². The van der Waals surface area contributed by atoms with Crippen LogP contribution in [0.2, 0.25) is 0 Å². The molecule has 0 saturated carbocycles. The van der Waals surface area contributed by atoms with Crippen molar-refractivity contribution >= 4 is 10.0 Å². The Kier molecular flexibility index (Phi) is 4.76. The van der Waals surface area contributed by atoms with Crippen LogP contribution in [0.1, 0.15) is 18.9 Å². The van der Waals surface area contributed by atoms with Crippen LogP contribution in [0.3, 0.4) is 0 Å². The predicted molar refractivity (Wildman–Crippen MR) is 63.9 cm³/mol. The zero-order valence-electron chi connectivity index (χ0n) is 9.56. The topological polar surface area (TPSA) is 55.4 Å². The molecule has 0 spiro atoms. The van der Waals surface area contributed by atoms with Crippen molar-refractivity contribution in [3.63, 3.8) is 0 Å². The molecule has 1 N–H and O–H groups in total. The third-order valence-electron chi connectivity index (χ3n) is 2.10. The molecule has 1 rings (SSSR count). The van der Waals surface area contributed by atoms with Crippen LogP contribution in [0.15, 0.2) is 24.3 Å². The minimum atomic E-state index is -3.14. The number of benzene rings is 1. The predicted octanol–water partition coefficient (Wildman–Crippen LogP) is 1.52. The Morgan fingerprint density at radius 2 is 2.12 bits per heavy atom. The molecular formula is C11H17NO3S. The first-order chi connectivity index (χ1) is 7.57. The van der Waals surface area contributed by atoms with E-state index in [1.165, 1.54) is 0 Å². The summed E-state index contributed by atoms with van der Waals surface area (Å²) in [6.07, 6.45) is 0.618. The third-order valence-corrected chi connectivity index (χ3v) is 3.63. The van der Waals surface area contributed by atoms with Crippen LogP contribution in [-0.2, 0) is 16.6 Å². The van der Waals surface area contributed by atoms with Crippen LogP contribution in [0.25, 0.3) is 0 Å². The Hall–Kier alpha value is -1.07. The number of hydrogen-bond acceptors (Lipinski definition) is 3. The molecule has 4 nitrogen and oxygen atoms in total. The van der Waals surface area contributed by atoms with Gasteiger partial charge in [-0.25, -0.2) is 13.1 Å². The highest BCUT2D eigenvalue weighted by atomic mass is 32.2. The van der Waals surface area contributed by atoms with Gasteiger partial charge in [0.15, 0.2) is 0 Å². The summed E-state index contributed by atoms with van der Waals surface area (Å²) >= 11 is 0. The van der Waals surface area contributed by atoms with E-state index in [9.17, 15) is 8.42 Å². The van der Waals surface area contributed by atoms with E-state index >= 15 is 0 Å². The fourth-order valence-electron chi connectivity index (χ4n) is 1.32. The highest BCUT2D eigenvalue weighted by Gasteiger charge is 2.07. The van der Waals surface area contributed by atoms with Crippen LogP contribution in [-0.4, -0.2) is 21.3 Å². The number of ether oxygens (including phenoxy) is 1. The van der Waals surface area contributed by atoms with Crippen LogP contribution in [0.5, 0.6) is 5.75 Å². The first-order valence-electron chi connectivity index (χ1n) is 5.17. The van der Waals surface area contributed by atoms with Crippen molar-refractivity contribution < 1.29 is 13.2 Å². The van der Waals surface area contributed by atoms with Gasteiger partial charge in [-0.1, -0.05) is 19.1 Å². The van der Waals surface area contributed by atoms with Crippen LogP contribution in [0.4, 0.5) is 0 Å². The van der Waals surface area contributed by atoms with Gasteiger partial charge in [0.25, 0.3) is 0 Å². The van der Waals surface area contributed by atoms with E-state index in [4.69, 9.17) is 4.74 Å². The van der Waals surface area contributed by atoms with E-state index in [0.717, 1.165) is 11.3 Å². The molecule has 0 aliphatic heterocycles. The lowest BCUT2D eigenvalue weighted by atomic mass is 10.2. The van der Waals surface area contributed by atoms with Crippen LogP contribution < -0.4 is 9.46 Å². The second kappa shape index (κ2) is 5.86. The first kappa shape index (κ1) is 13.0. The van der Waals surface area contributed by atoms with Gasteiger partial charge in [-0.05, 0) is 24.1 Å². The molecular weight excluding hydrogens is 226 g/mol. The Morgan fingerprint density at radius 1 is 1.38 bits per heavy atom. The average Bonchev–Trinajstić information content (AvgIpc) is 2.27. The number of hydrogen-bond donors (Lipinski definition) is 1. The SMILES string of the molecule is CCCS(=O)(=O)NCc1cccc(OC)c1. The molecule has 0 atom stereocenters. The minimum absolute atomic E-state index is 0.164. The van der Waals surface area contributed by atoms with Crippen LogP contribution >= 0.6 is 0 Å². The summed E-state index contributed by atoms with van der Waals surface area (Å²) < 4.78 is 30.4. The Morgan fingerprint density at radius 3 is 2.75 bits per heavy atom. The molecule has 0 amide bonds. The Balaban J connectivity index is 2.61. The van der Waals surface area contributed by atoms with E-state index in [1.54, 1.807) is 7.11 Å². The van der Waals surface area contributed by atoms with Gasteiger partial charge in [-0.15, -0.1) is 0 Å². The molecule has 1 aromatic rings. The van der Waals surface area contributed by atoms with Gasteiger partial charge in [0.1, 0.15) is 5.75 Å². The maximum Gasteiger partial charge on any atom is 0.211 e. The molecule has 5 heteroatoms. The molecule has 16 heavy (non-hydrogen) atoms. The summed E-state index contributed by atoms with van der Waals surface area (Å²) in [5.74, 6) is 0.893. The fraction of sp³-hybridized carbons (Fsp3) is 0.455. The van der Waals surface area contributed by atoms with Gasteiger partial charge in [-0.2, -0.15) is 0 Å². The van der Waals surface area contributed by atoms with Gasteiger partial charge < -0.3 is 4.74 Å². The highest BCUT2D eigenvalue weighted by molar-refractivity contribution is 7.89. The van der Waals surface area contributed by atoms with Gasteiger partial charge >= 0.3 is 0 Å². The highest BCUT2D eigenvalue weighted by Crippen LogP contribution is 2.12. The summed E-state index contributed by atoms with van der Waals surface area (Å²) in [4.78, 5) is 0. The fourth-order valence-corrected chi connectivity index (χ4v) is 2.38. The smallest absolute Gasteiger partial charge is 0.211 e. The van der Waals surface area contributed by atoms with Gasteiger partial charge in [0.05, 0.1) is 12.9 Å². The number of sulfonamides is 1. The number of methoxy groups -OCH3 is 1. The Labute approximate surface area is 96.7 Å². The minimum Gasteiger partial charge on any atom is -0.497 e. The first-order valence-corrected chi connectivity index (χ1v) is 6.83. The summed E-state index contributed by atoms with van der Waals surface area (Å²) in [5, 5.41) is 0. The summed E-state index contributed by atoms with van der Waals surface area (Å²) in [6, 6.07) is 7.33. The maximum atomic E-state index is 11.4. The second-order valence-corrected chi connectivity index (χ2v) is 5.42. The summed E-state index contributed by atoms with van der Waals surface area (Å²) in [5.41, 5.74) is 0.888. The lowest BCUT2D eigenvalue weighted by molar-refractivity contribution is 0.414. The molecule has 0 aliphatic rings. The number of nitrogens with one attached hydrogen (secondary N) is 1. The lowest BCUT2D eigenvalue weighted by Gasteiger charge is -2.06. The molecule has 90 valence electrons. The summed E-state index contributed by atoms with van der Waals surface area (Å²) in [6.45, 7) is 2.14. The number of rotatable bonds is 6. The monoisotopic (exact) mass is 243 g/mol. The van der Waals surface area contributed by atoms with Gasteiger partial charge in [-0.3, -0.25) is 0 Å². The van der Waals surface area contributed by atoms with Gasteiger partial charge in [0.2, 0.25) is 10.0 Å². The molecule has 0 aromatic heterocycles. The quantitative estimate of drug-likeness (QED) is 0.824. The van der Waals surface area contributed by atoms with Crippen LogP contribution in [0, 0.1) is 0 Å². The molecule has 0 fully saturated rings. The summed E-state index contributed by atoms with van der Waals surface area (Å²) in [7, 11) is -1.56. The van der Waals surface area contributed by atoms with Gasteiger partial charge in [0, 0.05) is 6.54 Å². The van der Waals surface area contributed by atoms with Crippen molar-refractivity contribution in [2.24, 2.45) is 0 Å². The molecule has 0 radical (unpaired) electrons. The normalized spacial score (nSPS) is 11.4. The zero-order valence-corrected chi connectivity index (χ0v) is 10.4. The van der Waals surface area contributed by atoms with Crippen molar-refractivity contribution in [1.82, 2.24) is 4.72 Å². The molecule has 0 unspecified atom stereocenters. The molecule has 0 bridgehead atoms. The molecule has 1 aromatic carbocycles. The maximum absolute atomic E-state index is 11.4. The van der Waals surface area contributed by atoms with E-state index < -0.39 is 10.0 Å². The second-order valence-electron chi connectivity index (χ2n) is 3.49. The third kappa shape index (κ3) is 4.20. The van der Waals surface area contributed by atoms with E-state index in [1.807, 2.05) is 31.2 Å². The standard InChI is InChI=1S/C11H17NO3S/c1-3-7-16(13,14)12-9-10-5-4-6-11(8-10)15-2/h4-6,8,12H,3,7,9H2,1-2H3. The van der Waals surface area contributed by atoms with Crippen molar-refractivity contribution in [2.75, 3.05) is 12.9 Å². The Bertz CT molecular complexity index is 429. The molecule has 0 saturated heterocycles. The molecule has 0 aliphatic carbocycles. The van der Waals surface area contributed by atoms with Crippen molar-refractivity contribution in [1.29, 1.82) is 0 Å². The van der Waals surface area contributed by atoms with E-state index in [0.29, 0.717) is 13.0 Å². The lowest BCUT2D eigenvalue weighted by Crippen LogP contribution is -2.25. The van der Waals surface area contributed by atoms with E-state index in [-0.39, 0.29) is 5.75 Å². The van der Waals surface area contributed by atoms with Crippen molar-refractivity contribution in [3.8, 4) is 5.75 Å². The zero-order chi connectivity index (χ0) is 12.0. The largest absolute Gasteiger partial charge is 0.497 e. The molecule has 0 heterocycles.